The molecule has 0 aliphatic heterocycles. The van der Waals surface area contributed by atoms with Crippen molar-refractivity contribution in [1.82, 2.24) is 0 Å². The molecule has 0 amide bonds. The molecule has 0 aromatic rings. The van der Waals surface area contributed by atoms with Crippen molar-refractivity contribution in [3.63, 3.8) is 0 Å². The highest BCUT2D eigenvalue weighted by Crippen LogP contribution is 2.59. The molecule has 0 heterocycles. The van der Waals surface area contributed by atoms with Crippen LogP contribution in [0.1, 0.15) is 86.0 Å². The molecule has 3 saturated carbocycles. The van der Waals surface area contributed by atoms with Crippen LogP contribution >= 0.6 is 0 Å². The Hall–Kier alpha value is -1.43. The van der Waals surface area contributed by atoms with Crippen molar-refractivity contribution in [2.75, 3.05) is 6.61 Å². The second-order valence-electron chi connectivity index (χ2n) is 11.7. The molecule has 192 valence electrons. The molecule has 0 aromatic carbocycles. The third-order valence-corrected chi connectivity index (χ3v) is 8.88. The van der Waals surface area contributed by atoms with Gasteiger partial charge < -0.3 is 20.1 Å². The van der Waals surface area contributed by atoms with Gasteiger partial charge in [0, 0.05) is 0 Å². The molecule has 5 nitrogen and oxygen atoms in total. The number of hydrogen-bond donors (Lipinski definition) is 3. The normalized spacial score (nSPS) is 35.3. The lowest BCUT2D eigenvalue weighted by Crippen LogP contribution is -2.38. The van der Waals surface area contributed by atoms with Gasteiger partial charge in [0.25, 0.3) is 0 Å². The summed E-state index contributed by atoms with van der Waals surface area (Å²) < 4.78 is 5.14. The summed E-state index contributed by atoms with van der Waals surface area (Å²) in [5, 5.41) is 30.7. The van der Waals surface area contributed by atoms with Gasteiger partial charge in [0.15, 0.2) is 0 Å². The molecule has 3 fully saturated rings. The zero-order chi connectivity index (χ0) is 25.1. The summed E-state index contributed by atoms with van der Waals surface area (Å²) in [6.45, 7) is 10.2. The minimum atomic E-state index is -0.969. The Morgan fingerprint density at radius 2 is 1.85 bits per heavy atom. The highest BCUT2D eigenvalue weighted by Gasteiger charge is 2.50. The van der Waals surface area contributed by atoms with Gasteiger partial charge >= 0.3 is 5.97 Å². The number of carbonyl (C=O) groups excluding carboxylic acids is 1. The maximum atomic E-state index is 12.2. The fourth-order valence-electron chi connectivity index (χ4n) is 6.77. The molecule has 3 N–H and O–H groups in total. The van der Waals surface area contributed by atoms with Gasteiger partial charge in [-0.3, -0.25) is 4.79 Å². The predicted molar refractivity (Wildman–Crippen MR) is 135 cm³/mol. The molecule has 0 bridgehead atoms. The third kappa shape index (κ3) is 5.85. The van der Waals surface area contributed by atoms with Crippen molar-refractivity contribution < 1.29 is 24.9 Å². The number of esters is 1. The number of allylic oxidation sites excluding steroid dienone is 4. The molecular weight excluding hydrogens is 428 g/mol. The van der Waals surface area contributed by atoms with E-state index in [1.54, 1.807) is 26.8 Å². The van der Waals surface area contributed by atoms with Crippen LogP contribution in [-0.4, -0.2) is 46.2 Å². The average molecular weight is 475 g/mol. The van der Waals surface area contributed by atoms with Crippen molar-refractivity contribution in [3.8, 4) is 0 Å². The Morgan fingerprint density at radius 3 is 2.50 bits per heavy atom. The molecule has 0 aromatic heterocycles. The van der Waals surface area contributed by atoms with Gasteiger partial charge in [0.05, 0.1) is 30.3 Å². The third-order valence-electron chi connectivity index (χ3n) is 8.88. The molecule has 0 radical (unpaired) electrons. The van der Waals surface area contributed by atoms with Crippen LogP contribution < -0.4 is 0 Å². The van der Waals surface area contributed by atoms with Crippen molar-refractivity contribution in [1.29, 1.82) is 0 Å². The van der Waals surface area contributed by atoms with Gasteiger partial charge in [-0.05, 0) is 95.3 Å². The van der Waals surface area contributed by atoms with E-state index in [0.29, 0.717) is 43.6 Å². The number of hydrogen-bond acceptors (Lipinski definition) is 5. The first-order valence-electron chi connectivity index (χ1n) is 13.3. The Morgan fingerprint density at radius 1 is 1.18 bits per heavy atom. The van der Waals surface area contributed by atoms with Crippen LogP contribution in [0.2, 0.25) is 0 Å². The molecule has 3 rings (SSSR count). The topological polar surface area (TPSA) is 87.0 Å². The first-order chi connectivity index (χ1) is 16.0. The smallest absolute Gasteiger partial charge is 0.314 e. The highest BCUT2D eigenvalue weighted by atomic mass is 16.5. The van der Waals surface area contributed by atoms with E-state index in [9.17, 15) is 20.1 Å². The Bertz CT molecular complexity index is 797. The molecule has 34 heavy (non-hydrogen) atoms. The highest BCUT2D eigenvalue weighted by molar-refractivity contribution is 5.77. The van der Waals surface area contributed by atoms with Gasteiger partial charge in [0.2, 0.25) is 0 Å². The quantitative estimate of drug-likeness (QED) is 0.353. The molecule has 0 unspecified atom stereocenters. The van der Waals surface area contributed by atoms with E-state index >= 15 is 0 Å². The van der Waals surface area contributed by atoms with Crippen LogP contribution in [-0.2, 0) is 9.53 Å². The fourth-order valence-corrected chi connectivity index (χ4v) is 6.77. The zero-order valence-electron chi connectivity index (χ0n) is 21.8. The van der Waals surface area contributed by atoms with Crippen molar-refractivity contribution >= 4 is 5.97 Å². The largest absolute Gasteiger partial charge is 0.465 e. The number of fused-ring (bicyclic) bond motifs is 1. The van der Waals surface area contributed by atoms with Crippen LogP contribution in [0.4, 0.5) is 0 Å². The number of rotatable bonds is 7. The fraction of sp³-hybridized carbons (Fsp3) is 0.759. The number of ether oxygens (including phenoxy) is 1. The van der Waals surface area contributed by atoms with E-state index in [0.717, 1.165) is 18.4 Å². The lowest BCUT2D eigenvalue weighted by molar-refractivity contribution is -0.158. The lowest BCUT2D eigenvalue weighted by atomic mass is 9.61. The van der Waals surface area contributed by atoms with Crippen molar-refractivity contribution in [2.24, 2.45) is 28.6 Å². The summed E-state index contributed by atoms with van der Waals surface area (Å²) in [6.07, 6.45) is 14.3. The Balaban J connectivity index is 1.70. The Labute approximate surface area is 206 Å². The van der Waals surface area contributed by atoms with Crippen LogP contribution in [0.3, 0.4) is 0 Å². The van der Waals surface area contributed by atoms with Gasteiger partial charge in [-0.25, -0.2) is 0 Å². The molecule has 0 saturated heterocycles. The monoisotopic (exact) mass is 474 g/mol. The van der Waals surface area contributed by atoms with Gasteiger partial charge in [-0.15, -0.1) is 0 Å². The molecule has 0 spiro atoms. The molecular formula is C29H46O5. The number of carbonyl (C=O) groups is 1. The van der Waals surface area contributed by atoms with Crippen LogP contribution in [0, 0.1) is 28.6 Å². The summed E-state index contributed by atoms with van der Waals surface area (Å²) in [5.41, 5.74) is 1.91. The molecule has 7 atom stereocenters. The maximum absolute atomic E-state index is 12.2. The van der Waals surface area contributed by atoms with E-state index in [1.165, 1.54) is 24.8 Å². The minimum absolute atomic E-state index is 0.222. The maximum Gasteiger partial charge on any atom is 0.314 e. The molecule has 3 aliphatic carbocycles. The van der Waals surface area contributed by atoms with Crippen LogP contribution in [0.15, 0.2) is 35.5 Å². The second-order valence-corrected chi connectivity index (χ2v) is 11.7. The van der Waals surface area contributed by atoms with E-state index in [2.05, 4.69) is 32.1 Å². The van der Waals surface area contributed by atoms with Crippen LogP contribution in [0.5, 0.6) is 0 Å². The summed E-state index contributed by atoms with van der Waals surface area (Å²) in [7, 11) is 0. The number of aliphatic hydroxyl groups excluding tert-OH is 3. The summed E-state index contributed by atoms with van der Waals surface area (Å²) >= 11 is 0. The van der Waals surface area contributed by atoms with Gasteiger partial charge in [-0.1, -0.05) is 49.3 Å². The van der Waals surface area contributed by atoms with E-state index in [1.807, 2.05) is 0 Å². The zero-order valence-corrected chi connectivity index (χ0v) is 21.8. The van der Waals surface area contributed by atoms with Crippen molar-refractivity contribution in [3.05, 3.63) is 35.5 Å². The van der Waals surface area contributed by atoms with Gasteiger partial charge in [-0.2, -0.15) is 0 Å². The lowest BCUT2D eigenvalue weighted by Gasteiger charge is -2.44. The SMILES string of the molecule is CCOC(=O)C(C)(C)[C@@H](O)/C=C/[C@@H](C)[C@H]1CC[C@H]2/C(=C/C=C3C[C@@H](O)C[C@H](O)C3)CCC[C@]12C. The van der Waals surface area contributed by atoms with Crippen LogP contribution in [0.25, 0.3) is 0 Å². The summed E-state index contributed by atoms with van der Waals surface area (Å²) in [5.74, 6) is 1.02. The second kappa shape index (κ2) is 11.1. The first kappa shape index (κ1) is 27.2. The van der Waals surface area contributed by atoms with Crippen molar-refractivity contribution in [2.45, 2.75) is 104 Å². The van der Waals surface area contributed by atoms with E-state index < -0.39 is 23.7 Å². The predicted octanol–water partition coefficient (Wildman–Crippen LogP) is 5.10. The first-order valence-corrected chi connectivity index (χ1v) is 13.3. The standard InChI is InChI=1S/C29H46O5/c1-6-34-27(33)28(3,4)26(32)14-9-19(2)24-12-13-25-21(8-7-15-29(24,25)5)11-10-20-16-22(30)18-23(31)17-20/h9-11,14,19,22-26,30-32H,6-8,12-13,15-18H2,1-5H3/b14-9+,21-11+/t19-,22-,23-,24-,25+,26+,29-/m1/s1. The number of aliphatic hydroxyl groups is 3. The molecule has 3 aliphatic rings. The summed E-state index contributed by atoms with van der Waals surface area (Å²) in [6, 6.07) is 0. The Kier molecular flexibility index (Phi) is 8.86. The van der Waals surface area contributed by atoms with Gasteiger partial charge in [0.1, 0.15) is 0 Å². The minimum Gasteiger partial charge on any atom is -0.465 e. The summed E-state index contributed by atoms with van der Waals surface area (Å²) in [4.78, 5) is 12.2. The average Bonchev–Trinajstić information content (AvgIpc) is 3.12. The van der Waals surface area contributed by atoms with E-state index in [4.69, 9.17) is 4.74 Å². The molecule has 5 heteroatoms. The van der Waals surface area contributed by atoms with E-state index in [-0.39, 0.29) is 11.4 Å².